The van der Waals surface area contributed by atoms with Crippen molar-refractivity contribution >= 4 is 5.91 Å². The lowest BCUT2D eigenvalue weighted by molar-refractivity contribution is 0.0733. The number of aromatic nitrogens is 2. The van der Waals surface area contributed by atoms with Gasteiger partial charge in [-0.15, -0.1) is 0 Å². The molecule has 3 rings (SSSR count). The molecule has 7 heteroatoms. The number of carbonyl (C=O) groups is 1. The van der Waals surface area contributed by atoms with Gasteiger partial charge in [-0.25, -0.2) is 0 Å². The van der Waals surface area contributed by atoms with E-state index in [0.29, 0.717) is 35.3 Å². The molecule has 0 aliphatic rings. The van der Waals surface area contributed by atoms with Crippen molar-refractivity contribution in [1.82, 2.24) is 15.0 Å². The van der Waals surface area contributed by atoms with Gasteiger partial charge in [-0.1, -0.05) is 35.5 Å². The first-order chi connectivity index (χ1) is 13.1. The standard InChI is InChI=1S/C20H21N3O4/c1-4-23(20(24)15-10-16(25-2)12-17(11-15)26-3)13-18-21-19(22-27-18)14-8-6-5-7-9-14/h5-12H,4,13H2,1-3H3. The van der Waals surface area contributed by atoms with Gasteiger partial charge in [0.2, 0.25) is 11.7 Å². The smallest absolute Gasteiger partial charge is 0.254 e. The molecular weight excluding hydrogens is 346 g/mol. The number of ether oxygens (including phenoxy) is 2. The van der Waals surface area contributed by atoms with Crippen molar-refractivity contribution in [2.75, 3.05) is 20.8 Å². The predicted molar refractivity (Wildman–Crippen MR) is 99.7 cm³/mol. The van der Waals surface area contributed by atoms with Crippen molar-refractivity contribution in [2.45, 2.75) is 13.5 Å². The lowest BCUT2D eigenvalue weighted by atomic mass is 10.1. The molecule has 0 saturated carbocycles. The maximum Gasteiger partial charge on any atom is 0.254 e. The largest absolute Gasteiger partial charge is 0.497 e. The van der Waals surface area contributed by atoms with Crippen LogP contribution in [0.4, 0.5) is 0 Å². The number of methoxy groups -OCH3 is 2. The summed E-state index contributed by atoms with van der Waals surface area (Å²) in [5.74, 6) is 1.81. The van der Waals surface area contributed by atoms with Crippen LogP contribution < -0.4 is 9.47 Å². The minimum Gasteiger partial charge on any atom is -0.497 e. The fourth-order valence-electron chi connectivity index (χ4n) is 2.63. The van der Waals surface area contributed by atoms with Crippen LogP contribution in [0.15, 0.2) is 53.1 Å². The van der Waals surface area contributed by atoms with Crippen LogP contribution in [0.1, 0.15) is 23.2 Å². The zero-order chi connectivity index (χ0) is 19.2. The van der Waals surface area contributed by atoms with Crippen LogP contribution in [0.2, 0.25) is 0 Å². The average molecular weight is 367 g/mol. The van der Waals surface area contributed by atoms with Crippen molar-refractivity contribution in [3.8, 4) is 22.9 Å². The van der Waals surface area contributed by atoms with E-state index in [0.717, 1.165) is 5.56 Å². The molecule has 1 aromatic heterocycles. The third kappa shape index (κ3) is 4.25. The van der Waals surface area contributed by atoms with Crippen molar-refractivity contribution < 1.29 is 18.8 Å². The van der Waals surface area contributed by atoms with E-state index in [1.807, 2.05) is 37.3 Å². The molecule has 1 heterocycles. The highest BCUT2D eigenvalue weighted by atomic mass is 16.5. The molecule has 0 atom stereocenters. The Balaban J connectivity index is 1.79. The number of hydrogen-bond donors (Lipinski definition) is 0. The lowest BCUT2D eigenvalue weighted by Crippen LogP contribution is -2.30. The molecular formula is C20H21N3O4. The first kappa shape index (κ1) is 18.4. The summed E-state index contributed by atoms with van der Waals surface area (Å²) in [6.45, 7) is 2.60. The van der Waals surface area contributed by atoms with Crippen LogP contribution in [0.25, 0.3) is 11.4 Å². The Morgan fingerprint density at radius 2 is 1.74 bits per heavy atom. The number of nitrogens with zero attached hydrogens (tertiary/aromatic N) is 3. The second kappa shape index (κ2) is 8.35. The molecule has 0 unspecified atom stereocenters. The van der Waals surface area contributed by atoms with Gasteiger partial charge in [-0.2, -0.15) is 4.98 Å². The third-order valence-corrected chi connectivity index (χ3v) is 4.09. The Labute approximate surface area is 157 Å². The maximum absolute atomic E-state index is 12.9. The van der Waals surface area contributed by atoms with Crippen molar-refractivity contribution in [1.29, 1.82) is 0 Å². The normalized spacial score (nSPS) is 10.5. The van der Waals surface area contributed by atoms with Crippen LogP contribution in [0.5, 0.6) is 11.5 Å². The highest BCUT2D eigenvalue weighted by Gasteiger charge is 2.19. The summed E-state index contributed by atoms with van der Waals surface area (Å²) in [6, 6.07) is 14.6. The Morgan fingerprint density at radius 3 is 2.33 bits per heavy atom. The molecule has 2 aromatic carbocycles. The molecule has 3 aromatic rings. The molecule has 0 aliphatic heterocycles. The maximum atomic E-state index is 12.9. The predicted octanol–water partition coefficient (Wildman–Crippen LogP) is 3.42. The summed E-state index contributed by atoms with van der Waals surface area (Å²) in [5.41, 5.74) is 1.33. The van der Waals surface area contributed by atoms with E-state index in [9.17, 15) is 4.79 Å². The molecule has 0 fully saturated rings. The second-order valence-corrected chi connectivity index (χ2v) is 5.80. The number of carbonyl (C=O) groups excluding carboxylic acids is 1. The fourth-order valence-corrected chi connectivity index (χ4v) is 2.63. The number of hydrogen-bond acceptors (Lipinski definition) is 6. The van der Waals surface area contributed by atoms with Gasteiger partial charge in [-0.3, -0.25) is 4.79 Å². The highest BCUT2D eigenvalue weighted by molar-refractivity contribution is 5.95. The molecule has 140 valence electrons. The zero-order valence-electron chi connectivity index (χ0n) is 15.5. The SMILES string of the molecule is CCN(Cc1nc(-c2ccccc2)no1)C(=O)c1cc(OC)cc(OC)c1. The topological polar surface area (TPSA) is 77.7 Å². The van der Waals surface area contributed by atoms with Gasteiger partial charge in [0.15, 0.2) is 0 Å². The summed E-state index contributed by atoms with van der Waals surface area (Å²) < 4.78 is 15.8. The van der Waals surface area contributed by atoms with Gasteiger partial charge >= 0.3 is 0 Å². The lowest BCUT2D eigenvalue weighted by Gasteiger charge is -2.19. The average Bonchev–Trinajstić information content (AvgIpc) is 3.20. The van der Waals surface area contributed by atoms with Gasteiger partial charge < -0.3 is 18.9 Å². The molecule has 0 radical (unpaired) electrons. The van der Waals surface area contributed by atoms with E-state index in [2.05, 4.69) is 10.1 Å². The number of benzene rings is 2. The quantitative estimate of drug-likeness (QED) is 0.637. The second-order valence-electron chi connectivity index (χ2n) is 5.80. The Hall–Kier alpha value is -3.35. The van der Waals surface area contributed by atoms with Gasteiger partial charge in [0.25, 0.3) is 5.91 Å². The number of rotatable bonds is 7. The van der Waals surface area contributed by atoms with E-state index < -0.39 is 0 Å². The van der Waals surface area contributed by atoms with Crippen molar-refractivity contribution in [3.05, 3.63) is 60.0 Å². The third-order valence-electron chi connectivity index (χ3n) is 4.09. The summed E-state index contributed by atoms with van der Waals surface area (Å²) >= 11 is 0. The molecule has 0 aliphatic carbocycles. The van der Waals surface area contributed by atoms with Crippen LogP contribution in [0, 0.1) is 0 Å². The summed E-state index contributed by atoms with van der Waals surface area (Å²) in [4.78, 5) is 18.9. The zero-order valence-corrected chi connectivity index (χ0v) is 15.5. The van der Waals surface area contributed by atoms with E-state index in [-0.39, 0.29) is 12.5 Å². The summed E-state index contributed by atoms with van der Waals surface area (Å²) in [7, 11) is 3.09. The number of amides is 1. The summed E-state index contributed by atoms with van der Waals surface area (Å²) in [6.07, 6.45) is 0. The molecule has 27 heavy (non-hydrogen) atoms. The van der Waals surface area contributed by atoms with Crippen LogP contribution in [-0.4, -0.2) is 41.7 Å². The first-order valence-electron chi connectivity index (χ1n) is 8.55. The Morgan fingerprint density at radius 1 is 1.07 bits per heavy atom. The van der Waals surface area contributed by atoms with Gasteiger partial charge in [-0.05, 0) is 19.1 Å². The molecule has 1 amide bonds. The van der Waals surface area contributed by atoms with E-state index in [4.69, 9.17) is 14.0 Å². The molecule has 0 spiro atoms. The monoisotopic (exact) mass is 367 g/mol. The van der Waals surface area contributed by atoms with Crippen LogP contribution in [0.3, 0.4) is 0 Å². The van der Waals surface area contributed by atoms with Gasteiger partial charge in [0.1, 0.15) is 18.0 Å². The minimum atomic E-state index is -0.172. The van der Waals surface area contributed by atoms with Crippen LogP contribution in [-0.2, 0) is 6.54 Å². The van der Waals surface area contributed by atoms with Gasteiger partial charge in [0, 0.05) is 23.7 Å². The van der Waals surface area contributed by atoms with E-state index >= 15 is 0 Å². The van der Waals surface area contributed by atoms with E-state index in [1.165, 1.54) is 0 Å². The van der Waals surface area contributed by atoms with Crippen LogP contribution >= 0.6 is 0 Å². The molecule has 0 N–H and O–H groups in total. The van der Waals surface area contributed by atoms with E-state index in [1.54, 1.807) is 37.3 Å². The molecule has 0 saturated heterocycles. The molecule has 7 nitrogen and oxygen atoms in total. The minimum absolute atomic E-state index is 0.172. The van der Waals surface area contributed by atoms with Crippen molar-refractivity contribution in [2.24, 2.45) is 0 Å². The Bertz CT molecular complexity index is 886. The summed E-state index contributed by atoms with van der Waals surface area (Å²) in [5, 5.41) is 4.00. The Kier molecular flexibility index (Phi) is 5.71. The highest BCUT2D eigenvalue weighted by Crippen LogP contribution is 2.24. The van der Waals surface area contributed by atoms with Gasteiger partial charge in [0.05, 0.1) is 14.2 Å². The first-order valence-corrected chi connectivity index (χ1v) is 8.55. The molecule has 0 bridgehead atoms. The fraction of sp³-hybridized carbons (Fsp3) is 0.250. The van der Waals surface area contributed by atoms with Crippen molar-refractivity contribution in [3.63, 3.8) is 0 Å².